The lowest BCUT2D eigenvalue weighted by atomic mass is 10.1. The fourth-order valence-electron chi connectivity index (χ4n) is 2.24. The van der Waals surface area contributed by atoms with Crippen LogP contribution in [0.15, 0.2) is 42.5 Å². The van der Waals surface area contributed by atoms with Gasteiger partial charge in [0, 0.05) is 23.2 Å². The van der Waals surface area contributed by atoms with Gasteiger partial charge < -0.3 is 20.7 Å². The molecule has 26 heavy (non-hydrogen) atoms. The molecular weight excluding hydrogens is 354 g/mol. The summed E-state index contributed by atoms with van der Waals surface area (Å²) >= 11 is 5.97. The van der Waals surface area contributed by atoms with E-state index in [1.54, 1.807) is 42.5 Å². The zero-order chi connectivity index (χ0) is 19.1. The van der Waals surface area contributed by atoms with Gasteiger partial charge in [-0.2, -0.15) is 0 Å². The minimum atomic E-state index is -0.275. The van der Waals surface area contributed by atoms with Gasteiger partial charge >= 0.3 is 6.03 Å². The zero-order valence-corrected chi connectivity index (χ0v) is 15.7. The first-order chi connectivity index (χ1) is 12.4. The molecule has 0 fully saturated rings. The minimum absolute atomic E-state index is 0.0737. The van der Waals surface area contributed by atoms with Crippen molar-refractivity contribution in [1.82, 2.24) is 10.6 Å². The largest absolute Gasteiger partial charge is 0.495 e. The van der Waals surface area contributed by atoms with Crippen LogP contribution < -0.4 is 20.7 Å². The average Bonchev–Trinajstić information content (AvgIpc) is 2.60. The lowest BCUT2D eigenvalue weighted by molar-refractivity contribution is 0.102. The summed E-state index contributed by atoms with van der Waals surface area (Å²) in [7, 11) is 1.52. The third kappa shape index (κ3) is 5.67. The summed E-state index contributed by atoms with van der Waals surface area (Å²) in [4.78, 5) is 24.0. The lowest BCUT2D eigenvalue weighted by Gasteiger charge is -2.12. The van der Waals surface area contributed by atoms with Gasteiger partial charge in [0.05, 0.1) is 12.8 Å². The van der Waals surface area contributed by atoms with Gasteiger partial charge in [0.1, 0.15) is 5.75 Å². The molecule has 138 valence electrons. The Morgan fingerprint density at radius 2 is 1.81 bits per heavy atom. The van der Waals surface area contributed by atoms with Crippen molar-refractivity contribution in [3.8, 4) is 5.75 Å². The van der Waals surface area contributed by atoms with Gasteiger partial charge in [0.15, 0.2) is 0 Å². The summed E-state index contributed by atoms with van der Waals surface area (Å²) in [5.74, 6) is 0.252. The van der Waals surface area contributed by atoms with Crippen molar-refractivity contribution < 1.29 is 14.3 Å². The predicted octanol–water partition coefficient (Wildman–Crippen LogP) is 3.81. The van der Waals surface area contributed by atoms with E-state index in [1.807, 2.05) is 13.8 Å². The molecule has 3 amide bonds. The second-order valence-electron chi connectivity index (χ2n) is 5.98. The monoisotopic (exact) mass is 375 g/mol. The number of urea groups is 1. The van der Waals surface area contributed by atoms with E-state index in [4.69, 9.17) is 16.3 Å². The normalized spacial score (nSPS) is 10.3. The maximum Gasteiger partial charge on any atom is 0.315 e. The summed E-state index contributed by atoms with van der Waals surface area (Å²) in [6, 6.07) is 11.8. The first-order valence-electron chi connectivity index (χ1n) is 8.17. The Balaban J connectivity index is 1.98. The molecule has 3 N–H and O–H groups in total. The number of anilines is 1. The number of nitrogens with one attached hydrogen (secondary N) is 3. The van der Waals surface area contributed by atoms with E-state index >= 15 is 0 Å². The molecule has 2 rings (SSSR count). The van der Waals surface area contributed by atoms with Gasteiger partial charge in [0.2, 0.25) is 0 Å². The third-order valence-electron chi connectivity index (χ3n) is 3.50. The van der Waals surface area contributed by atoms with E-state index in [1.165, 1.54) is 7.11 Å². The second kappa shape index (κ2) is 9.10. The van der Waals surface area contributed by atoms with Gasteiger partial charge in [-0.15, -0.1) is 0 Å². The molecule has 0 bridgehead atoms. The number of hydrogen-bond acceptors (Lipinski definition) is 3. The van der Waals surface area contributed by atoms with Gasteiger partial charge in [-0.1, -0.05) is 23.7 Å². The molecule has 0 spiro atoms. The van der Waals surface area contributed by atoms with Crippen LogP contribution in [0.1, 0.15) is 29.8 Å². The Hall–Kier alpha value is -2.73. The molecule has 0 saturated heterocycles. The quantitative estimate of drug-likeness (QED) is 0.718. The molecule has 0 aliphatic heterocycles. The van der Waals surface area contributed by atoms with Crippen LogP contribution in [-0.4, -0.2) is 25.1 Å². The lowest BCUT2D eigenvalue weighted by Crippen LogP contribution is -2.39. The number of benzene rings is 2. The number of carbonyl (C=O) groups is 2. The maximum absolute atomic E-state index is 12.4. The molecule has 0 unspecified atom stereocenters. The molecule has 0 heterocycles. The highest BCUT2D eigenvalue weighted by molar-refractivity contribution is 6.31. The molecule has 0 atom stereocenters. The molecule has 0 radical (unpaired) electrons. The van der Waals surface area contributed by atoms with Crippen molar-refractivity contribution in [2.45, 2.75) is 26.4 Å². The molecule has 0 aliphatic rings. The maximum atomic E-state index is 12.4. The summed E-state index contributed by atoms with van der Waals surface area (Å²) in [5, 5.41) is 8.79. The van der Waals surface area contributed by atoms with E-state index in [9.17, 15) is 9.59 Å². The van der Waals surface area contributed by atoms with Crippen molar-refractivity contribution in [1.29, 1.82) is 0 Å². The van der Waals surface area contributed by atoms with Crippen LogP contribution in [0.3, 0.4) is 0 Å². The number of amides is 3. The Morgan fingerprint density at radius 3 is 2.42 bits per heavy atom. The van der Waals surface area contributed by atoms with E-state index in [-0.39, 0.29) is 18.0 Å². The molecule has 0 saturated carbocycles. The second-order valence-corrected chi connectivity index (χ2v) is 6.41. The van der Waals surface area contributed by atoms with Crippen molar-refractivity contribution in [2.75, 3.05) is 12.4 Å². The summed E-state index contributed by atoms with van der Waals surface area (Å²) in [5.41, 5.74) is 1.88. The minimum Gasteiger partial charge on any atom is -0.495 e. The van der Waals surface area contributed by atoms with Gasteiger partial charge in [0.25, 0.3) is 5.91 Å². The van der Waals surface area contributed by atoms with Crippen LogP contribution in [0.4, 0.5) is 10.5 Å². The van der Waals surface area contributed by atoms with E-state index in [0.717, 1.165) is 5.56 Å². The zero-order valence-electron chi connectivity index (χ0n) is 14.9. The molecule has 6 nitrogen and oxygen atoms in total. The first kappa shape index (κ1) is 19.6. The number of halogens is 1. The average molecular weight is 376 g/mol. The standard InChI is InChI=1S/C19H22ClN3O3/c1-12(2)22-19(25)21-11-13-4-6-14(7-5-13)18(24)23-16-10-15(20)8-9-17(16)26-3/h4-10,12H,11H2,1-3H3,(H,23,24)(H2,21,22,25). The highest BCUT2D eigenvalue weighted by Gasteiger charge is 2.11. The van der Waals surface area contributed by atoms with Crippen LogP contribution in [0, 0.1) is 0 Å². The van der Waals surface area contributed by atoms with Gasteiger partial charge in [-0.3, -0.25) is 4.79 Å². The molecular formula is C19H22ClN3O3. The van der Waals surface area contributed by atoms with E-state index < -0.39 is 0 Å². The number of ether oxygens (including phenoxy) is 1. The molecule has 0 aliphatic carbocycles. The molecule has 2 aromatic rings. The topological polar surface area (TPSA) is 79.5 Å². The fourth-order valence-corrected chi connectivity index (χ4v) is 2.41. The fraction of sp³-hybridized carbons (Fsp3) is 0.263. The third-order valence-corrected chi connectivity index (χ3v) is 3.73. The smallest absolute Gasteiger partial charge is 0.315 e. The van der Waals surface area contributed by atoms with Crippen molar-refractivity contribution in [2.24, 2.45) is 0 Å². The highest BCUT2D eigenvalue weighted by atomic mass is 35.5. The number of rotatable bonds is 6. The van der Waals surface area contributed by atoms with Gasteiger partial charge in [-0.25, -0.2) is 4.79 Å². The summed E-state index contributed by atoms with van der Waals surface area (Å²) < 4.78 is 5.22. The number of methoxy groups -OCH3 is 1. The summed E-state index contributed by atoms with van der Waals surface area (Å²) in [6.45, 7) is 4.16. The highest BCUT2D eigenvalue weighted by Crippen LogP contribution is 2.28. The first-order valence-corrected chi connectivity index (χ1v) is 8.55. The van der Waals surface area contributed by atoms with Crippen LogP contribution >= 0.6 is 11.6 Å². The number of carbonyl (C=O) groups excluding carboxylic acids is 2. The van der Waals surface area contributed by atoms with Crippen LogP contribution in [0.25, 0.3) is 0 Å². The van der Waals surface area contributed by atoms with Crippen LogP contribution in [0.2, 0.25) is 5.02 Å². The van der Waals surface area contributed by atoms with E-state index in [2.05, 4.69) is 16.0 Å². The Labute approximate surface area is 157 Å². The van der Waals surface area contributed by atoms with Crippen molar-refractivity contribution >= 4 is 29.2 Å². The Kier molecular flexibility index (Phi) is 6.86. The van der Waals surface area contributed by atoms with Crippen molar-refractivity contribution in [3.05, 3.63) is 58.6 Å². The Bertz CT molecular complexity index is 776. The molecule has 7 heteroatoms. The summed E-state index contributed by atoms with van der Waals surface area (Å²) in [6.07, 6.45) is 0. The molecule has 2 aromatic carbocycles. The van der Waals surface area contributed by atoms with Crippen LogP contribution in [-0.2, 0) is 6.54 Å². The number of hydrogen-bond donors (Lipinski definition) is 3. The van der Waals surface area contributed by atoms with E-state index in [0.29, 0.717) is 28.6 Å². The van der Waals surface area contributed by atoms with Crippen molar-refractivity contribution in [3.63, 3.8) is 0 Å². The molecule has 0 aromatic heterocycles. The SMILES string of the molecule is COc1ccc(Cl)cc1NC(=O)c1ccc(CNC(=O)NC(C)C)cc1. The van der Waals surface area contributed by atoms with Crippen LogP contribution in [0.5, 0.6) is 5.75 Å². The predicted molar refractivity (Wildman–Crippen MR) is 103 cm³/mol. The Morgan fingerprint density at radius 1 is 1.12 bits per heavy atom. The van der Waals surface area contributed by atoms with Gasteiger partial charge in [-0.05, 0) is 49.7 Å².